The lowest BCUT2D eigenvalue weighted by Crippen LogP contribution is -2.30. The number of para-hydroxylation sites is 3. The van der Waals surface area contributed by atoms with Gasteiger partial charge >= 0.3 is 0 Å². The summed E-state index contributed by atoms with van der Waals surface area (Å²) in [5, 5.41) is 2.64. The van der Waals surface area contributed by atoms with Crippen molar-refractivity contribution in [3.8, 4) is 0 Å². The number of hydrogen-bond acceptors (Lipinski definition) is 3. The van der Waals surface area contributed by atoms with Gasteiger partial charge in [0.2, 0.25) is 0 Å². The summed E-state index contributed by atoms with van der Waals surface area (Å²) in [6.07, 6.45) is 6.12. The number of rotatable bonds is 8. The third-order valence-electron chi connectivity index (χ3n) is 10.7. The van der Waals surface area contributed by atoms with Crippen LogP contribution in [0.15, 0.2) is 182 Å². The fourth-order valence-electron chi connectivity index (χ4n) is 8.24. The lowest BCUT2D eigenvalue weighted by atomic mass is 9.65. The minimum atomic E-state index is -0.00822. The SMILES string of the molecule is c1ccc(N(c2ccccc2)c2ccc(C3(c4ccc(N(c5ccccc5)c5ccc6sc7ccccc7c6c5)cc4)CCCCC3)cc2)cc1. The van der Waals surface area contributed by atoms with Gasteiger partial charge in [0.1, 0.15) is 0 Å². The summed E-state index contributed by atoms with van der Waals surface area (Å²) in [5.74, 6) is 0. The van der Waals surface area contributed by atoms with Crippen LogP contribution in [0.3, 0.4) is 0 Å². The van der Waals surface area contributed by atoms with Crippen LogP contribution < -0.4 is 9.80 Å². The minimum Gasteiger partial charge on any atom is -0.311 e. The summed E-state index contributed by atoms with van der Waals surface area (Å²) < 4.78 is 2.66. The topological polar surface area (TPSA) is 6.48 Å². The van der Waals surface area contributed by atoms with E-state index in [4.69, 9.17) is 0 Å². The van der Waals surface area contributed by atoms with Crippen LogP contribution in [-0.4, -0.2) is 0 Å². The molecule has 7 aromatic carbocycles. The Labute approximate surface area is 304 Å². The van der Waals surface area contributed by atoms with Crippen LogP contribution in [0.25, 0.3) is 20.2 Å². The highest BCUT2D eigenvalue weighted by molar-refractivity contribution is 7.25. The Kier molecular flexibility index (Phi) is 8.35. The highest BCUT2D eigenvalue weighted by Gasteiger charge is 2.36. The van der Waals surface area contributed by atoms with Gasteiger partial charge in [0.15, 0.2) is 0 Å². The van der Waals surface area contributed by atoms with Crippen molar-refractivity contribution >= 4 is 65.6 Å². The molecule has 0 radical (unpaired) electrons. The standard InChI is InChI=1S/C48H40N2S/c1-5-15-38(16-6-1)49(39-17-7-2-8-18-39)41-27-23-36(24-28-41)48(33-13-4-14-34-48)37-25-29-42(30-26-37)50(40-19-9-3-10-20-40)43-31-32-47-45(35-43)44-21-11-12-22-46(44)51-47/h1-3,5-12,15-32,35H,4,13-14,33-34H2. The number of benzene rings is 7. The van der Waals surface area contributed by atoms with Crippen LogP contribution in [0.4, 0.5) is 34.1 Å². The Bertz CT molecular complexity index is 2340. The van der Waals surface area contributed by atoms with Crippen molar-refractivity contribution in [2.45, 2.75) is 37.5 Å². The van der Waals surface area contributed by atoms with Crippen LogP contribution in [0.1, 0.15) is 43.2 Å². The summed E-state index contributed by atoms with van der Waals surface area (Å²) in [6, 6.07) is 66.7. The molecule has 1 aliphatic rings. The predicted octanol–water partition coefficient (Wildman–Crippen LogP) is 14.2. The Morgan fingerprint density at radius 2 is 0.765 bits per heavy atom. The number of nitrogens with zero attached hydrogens (tertiary/aromatic N) is 2. The second-order valence-electron chi connectivity index (χ2n) is 13.7. The molecule has 1 saturated carbocycles. The van der Waals surface area contributed by atoms with E-state index in [1.807, 2.05) is 11.3 Å². The van der Waals surface area contributed by atoms with Crippen molar-refractivity contribution in [1.29, 1.82) is 0 Å². The zero-order valence-electron chi connectivity index (χ0n) is 28.7. The average Bonchev–Trinajstić information content (AvgIpc) is 3.58. The smallest absolute Gasteiger partial charge is 0.0468 e. The molecule has 1 fully saturated rings. The van der Waals surface area contributed by atoms with Gasteiger partial charge in [-0.3, -0.25) is 0 Å². The fourth-order valence-corrected chi connectivity index (χ4v) is 9.32. The zero-order valence-corrected chi connectivity index (χ0v) is 29.5. The van der Waals surface area contributed by atoms with Crippen LogP contribution >= 0.6 is 11.3 Å². The van der Waals surface area contributed by atoms with Crippen molar-refractivity contribution in [2.75, 3.05) is 9.80 Å². The van der Waals surface area contributed by atoms with Crippen molar-refractivity contribution in [1.82, 2.24) is 0 Å². The molecule has 248 valence electrons. The summed E-state index contributed by atoms with van der Waals surface area (Å²) in [7, 11) is 0. The first-order valence-corrected chi connectivity index (χ1v) is 19.0. The third kappa shape index (κ3) is 5.88. The van der Waals surface area contributed by atoms with E-state index in [1.54, 1.807) is 0 Å². The lowest BCUT2D eigenvalue weighted by Gasteiger charge is -2.39. The van der Waals surface area contributed by atoms with Gasteiger partial charge in [-0.2, -0.15) is 0 Å². The first-order chi connectivity index (χ1) is 25.3. The molecule has 0 bridgehead atoms. The van der Waals surface area contributed by atoms with Gasteiger partial charge in [-0.25, -0.2) is 0 Å². The third-order valence-corrected chi connectivity index (χ3v) is 11.9. The Morgan fingerprint density at radius 3 is 1.29 bits per heavy atom. The molecule has 0 N–H and O–H groups in total. The molecular weight excluding hydrogens is 637 g/mol. The Hall–Kier alpha value is -5.64. The molecule has 1 heterocycles. The summed E-state index contributed by atoms with van der Waals surface area (Å²) in [4.78, 5) is 4.75. The van der Waals surface area contributed by atoms with Gasteiger partial charge in [0, 0.05) is 59.7 Å². The Morgan fingerprint density at radius 1 is 0.353 bits per heavy atom. The molecule has 0 unspecified atom stereocenters. The van der Waals surface area contributed by atoms with E-state index in [-0.39, 0.29) is 5.41 Å². The van der Waals surface area contributed by atoms with E-state index in [0.717, 1.165) is 29.9 Å². The predicted molar refractivity (Wildman–Crippen MR) is 219 cm³/mol. The molecule has 0 amide bonds. The van der Waals surface area contributed by atoms with Crippen molar-refractivity contribution in [2.24, 2.45) is 0 Å². The van der Waals surface area contributed by atoms with Crippen molar-refractivity contribution in [3.63, 3.8) is 0 Å². The molecule has 0 atom stereocenters. The van der Waals surface area contributed by atoms with E-state index >= 15 is 0 Å². The number of anilines is 6. The second kappa shape index (κ2) is 13.6. The minimum absolute atomic E-state index is 0.00822. The highest BCUT2D eigenvalue weighted by atomic mass is 32.1. The van der Waals surface area contributed by atoms with Gasteiger partial charge in [0.25, 0.3) is 0 Å². The molecule has 51 heavy (non-hydrogen) atoms. The summed E-state index contributed by atoms with van der Waals surface area (Å²) >= 11 is 1.87. The normalized spacial score (nSPS) is 14.0. The fraction of sp³-hybridized carbons (Fsp3) is 0.125. The molecule has 0 saturated heterocycles. The lowest BCUT2D eigenvalue weighted by molar-refractivity contribution is 0.346. The molecule has 2 nitrogen and oxygen atoms in total. The summed E-state index contributed by atoms with van der Waals surface area (Å²) in [5.41, 5.74) is 9.82. The van der Waals surface area contributed by atoms with Crippen molar-refractivity contribution < 1.29 is 0 Å². The molecule has 9 rings (SSSR count). The number of fused-ring (bicyclic) bond motifs is 3. The largest absolute Gasteiger partial charge is 0.311 e. The molecule has 1 aliphatic carbocycles. The van der Waals surface area contributed by atoms with Gasteiger partial charge in [-0.1, -0.05) is 116 Å². The van der Waals surface area contributed by atoms with Crippen LogP contribution in [-0.2, 0) is 5.41 Å². The number of thiophene rings is 1. The van der Waals surface area contributed by atoms with E-state index in [2.05, 4.69) is 192 Å². The Balaban J connectivity index is 1.09. The molecule has 3 heteroatoms. The molecule has 0 aliphatic heterocycles. The highest BCUT2D eigenvalue weighted by Crippen LogP contribution is 2.47. The van der Waals surface area contributed by atoms with E-state index in [0.29, 0.717) is 0 Å². The first kappa shape index (κ1) is 31.3. The van der Waals surface area contributed by atoms with Gasteiger partial charge in [-0.15, -0.1) is 11.3 Å². The van der Waals surface area contributed by atoms with Gasteiger partial charge in [-0.05, 0) is 109 Å². The molecule has 8 aromatic rings. The summed E-state index contributed by atoms with van der Waals surface area (Å²) in [6.45, 7) is 0. The maximum absolute atomic E-state index is 2.41. The monoisotopic (exact) mass is 676 g/mol. The van der Waals surface area contributed by atoms with Crippen LogP contribution in [0.2, 0.25) is 0 Å². The first-order valence-electron chi connectivity index (χ1n) is 18.1. The van der Waals surface area contributed by atoms with Crippen LogP contribution in [0.5, 0.6) is 0 Å². The molecular formula is C48H40N2S. The van der Waals surface area contributed by atoms with E-state index in [1.165, 1.54) is 67.6 Å². The van der Waals surface area contributed by atoms with Crippen molar-refractivity contribution in [3.05, 3.63) is 193 Å². The average molecular weight is 677 g/mol. The van der Waals surface area contributed by atoms with E-state index in [9.17, 15) is 0 Å². The molecule has 1 aromatic heterocycles. The second-order valence-corrected chi connectivity index (χ2v) is 14.8. The van der Waals surface area contributed by atoms with Gasteiger partial charge in [0.05, 0.1) is 0 Å². The quantitative estimate of drug-likeness (QED) is 0.158. The maximum atomic E-state index is 2.41. The zero-order chi connectivity index (χ0) is 34.0. The van der Waals surface area contributed by atoms with Gasteiger partial charge < -0.3 is 9.80 Å². The van der Waals surface area contributed by atoms with E-state index < -0.39 is 0 Å². The number of hydrogen-bond donors (Lipinski definition) is 0. The molecule has 0 spiro atoms. The van der Waals surface area contributed by atoms with Crippen LogP contribution in [0, 0.1) is 0 Å². The maximum Gasteiger partial charge on any atom is 0.0468 e.